The molecule has 0 aromatic heterocycles. The van der Waals surface area contributed by atoms with Gasteiger partial charge in [0.2, 0.25) is 0 Å². The van der Waals surface area contributed by atoms with Crippen LogP contribution in [-0.2, 0) is 16.0 Å². The Bertz CT molecular complexity index is 516. The van der Waals surface area contributed by atoms with Crippen molar-refractivity contribution < 1.29 is 24.4 Å². The zero-order chi connectivity index (χ0) is 14.4. The van der Waals surface area contributed by atoms with Crippen LogP contribution >= 0.6 is 15.9 Å². The number of rotatable bonds is 6. The molecule has 19 heavy (non-hydrogen) atoms. The maximum absolute atomic E-state index is 11.4. The van der Waals surface area contributed by atoms with Crippen molar-refractivity contribution in [1.82, 2.24) is 0 Å². The van der Waals surface area contributed by atoms with E-state index in [2.05, 4.69) is 15.9 Å². The number of non-ortho nitro benzene ring substituents is 1. The van der Waals surface area contributed by atoms with Gasteiger partial charge in [-0.15, -0.1) is 0 Å². The zero-order valence-corrected chi connectivity index (χ0v) is 11.3. The van der Waals surface area contributed by atoms with Crippen molar-refractivity contribution in [1.29, 1.82) is 0 Å². The molecule has 0 bridgehead atoms. The number of esters is 1. The molecule has 0 radical (unpaired) electrons. The Balaban J connectivity index is 2.97. The second-order valence-corrected chi connectivity index (χ2v) is 4.28. The molecule has 0 aliphatic rings. The van der Waals surface area contributed by atoms with E-state index in [4.69, 9.17) is 9.84 Å². The molecule has 0 spiro atoms. The maximum atomic E-state index is 11.4. The van der Waals surface area contributed by atoms with E-state index >= 15 is 0 Å². The Labute approximate surface area is 116 Å². The number of carbonyl (C=O) groups excluding carboxylic acids is 1. The minimum atomic E-state index is -1.33. The molecule has 0 amide bonds. The van der Waals surface area contributed by atoms with Crippen molar-refractivity contribution in [2.24, 2.45) is 0 Å². The summed E-state index contributed by atoms with van der Waals surface area (Å²) in [6.45, 7) is 0.175. The number of hydrogen-bond donors (Lipinski definition) is 1. The highest BCUT2D eigenvalue weighted by atomic mass is 79.9. The van der Waals surface area contributed by atoms with E-state index in [-0.39, 0.29) is 29.8 Å². The molecular weight excluding hydrogens is 322 g/mol. The Kier molecular flexibility index (Phi) is 5.43. The molecule has 0 aliphatic heterocycles. The highest BCUT2D eigenvalue weighted by molar-refractivity contribution is 9.09. The fraction of sp³-hybridized carbons (Fsp3) is 0.273. The number of alkyl halides is 1. The summed E-state index contributed by atoms with van der Waals surface area (Å²) < 4.78 is 4.79. The highest BCUT2D eigenvalue weighted by Crippen LogP contribution is 2.19. The van der Waals surface area contributed by atoms with Crippen LogP contribution in [0, 0.1) is 10.1 Å². The molecular formula is C11H10BrNO6. The summed E-state index contributed by atoms with van der Waals surface area (Å²) in [6, 6.07) is 3.33. The van der Waals surface area contributed by atoms with Crippen molar-refractivity contribution >= 4 is 33.6 Å². The van der Waals surface area contributed by atoms with Crippen LogP contribution in [0.5, 0.6) is 0 Å². The molecule has 8 heteroatoms. The molecule has 0 aliphatic carbocycles. The van der Waals surface area contributed by atoms with Gasteiger partial charge in [0, 0.05) is 17.5 Å². The standard InChI is InChI=1S/C11H10BrNO6/c12-3-4-19-10(14)5-7-1-2-8(13(17)18)6-9(7)11(15)16/h1-2,6H,3-5H2,(H,15,16). The minimum Gasteiger partial charge on any atom is -0.478 e. The number of carbonyl (C=O) groups is 2. The third kappa shape index (κ3) is 4.32. The van der Waals surface area contributed by atoms with Crippen LogP contribution in [0.15, 0.2) is 18.2 Å². The summed E-state index contributed by atoms with van der Waals surface area (Å²) in [4.78, 5) is 32.3. The first-order valence-electron chi connectivity index (χ1n) is 5.18. The molecule has 1 aromatic rings. The minimum absolute atomic E-state index is 0.175. The lowest BCUT2D eigenvalue weighted by Crippen LogP contribution is -2.13. The molecule has 0 fully saturated rings. The van der Waals surface area contributed by atoms with Crippen LogP contribution in [0.3, 0.4) is 0 Å². The lowest BCUT2D eigenvalue weighted by atomic mass is 10.0. The molecule has 102 valence electrons. The van der Waals surface area contributed by atoms with E-state index in [1.165, 1.54) is 6.07 Å². The van der Waals surface area contributed by atoms with Crippen molar-refractivity contribution in [2.75, 3.05) is 11.9 Å². The summed E-state index contributed by atoms with van der Waals surface area (Å²) in [5.41, 5.74) is -0.433. The van der Waals surface area contributed by atoms with Gasteiger partial charge in [-0.05, 0) is 5.56 Å². The number of nitro benzene ring substituents is 1. The van der Waals surface area contributed by atoms with Gasteiger partial charge in [-0.3, -0.25) is 14.9 Å². The summed E-state index contributed by atoms with van der Waals surface area (Å²) in [5.74, 6) is -1.91. The van der Waals surface area contributed by atoms with Gasteiger partial charge in [0.25, 0.3) is 5.69 Å². The third-order valence-electron chi connectivity index (χ3n) is 2.21. The first-order chi connectivity index (χ1) is 8.95. The highest BCUT2D eigenvalue weighted by Gasteiger charge is 2.18. The average Bonchev–Trinajstić information content (AvgIpc) is 2.36. The van der Waals surface area contributed by atoms with Gasteiger partial charge in [-0.1, -0.05) is 22.0 Å². The Morgan fingerprint density at radius 2 is 2.11 bits per heavy atom. The van der Waals surface area contributed by atoms with Gasteiger partial charge >= 0.3 is 11.9 Å². The second kappa shape index (κ2) is 6.83. The van der Waals surface area contributed by atoms with E-state index < -0.39 is 16.9 Å². The maximum Gasteiger partial charge on any atom is 0.336 e. The van der Waals surface area contributed by atoms with Crippen molar-refractivity contribution in [3.63, 3.8) is 0 Å². The van der Waals surface area contributed by atoms with Gasteiger partial charge in [-0.2, -0.15) is 0 Å². The van der Waals surface area contributed by atoms with Crippen molar-refractivity contribution in [2.45, 2.75) is 6.42 Å². The molecule has 7 nitrogen and oxygen atoms in total. The van der Waals surface area contributed by atoms with Crippen LogP contribution in [0.1, 0.15) is 15.9 Å². The van der Waals surface area contributed by atoms with Crippen LogP contribution in [-0.4, -0.2) is 33.9 Å². The van der Waals surface area contributed by atoms with Crippen molar-refractivity contribution in [3.8, 4) is 0 Å². The number of hydrogen-bond acceptors (Lipinski definition) is 5. The number of nitrogens with zero attached hydrogens (tertiary/aromatic N) is 1. The van der Waals surface area contributed by atoms with Gasteiger partial charge in [0.05, 0.1) is 16.9 Å². The lowest BCUT2D eigenvalue weighted by molar-refractivity contribution is -0.384. The topological polar surface area (TPSA) is 107 Å². The van der Waals surface area contributed by atoms with E-state index in [1.807, 2.05) is 0 Å². The van der Waals surface area contributed by atoms with E-state index in [0.29, 0.717) is 5.33 Å². The van der Waals surface area contributed by atoms with Crippen LogP contribution < -0.4 is 0 Å². The number of carboxylic acid groups (broad SMARTS) is 1. The molecule has 0 atom stereocenters. The van der Waals surface area contributed by atoms with E-state index in [1.54, 1.807) is 0 Å². The quantitative estimate of drug-likeness (QED) is 0.368. The van der Waals surface area contributed by atoms with Gasteiger partial charge in [0.15, 0.2) is 0 Å². The van der Waals surface area contributed by atoms with Gasteiger partial charge in [0.1, 0.15) is 6.61 Å². The monoisotopic (exact) mass is 331 g/mol. The van der Waals surface area contributed by atoms with E-state index in [9.17, 15) is 19.7 Å². The fourth-order valence-electron chi connectivity index (χ4n) is 1.39. The molecule has 1 aromatic carbocycles. The second-order valence-electron chi connectivity index (χ2n) is 3.49. The Hall–Kier alpha value is -1.96. The summed E-state index contributed by atoms with van der Waals surface area (Å²) in [6.07, 6.45) is -0.243. The fourth-order valence-corrected chi connectivity index (χ4v) is 1.55. The predicted octanol–water partition coefficient (Wildman–Crippen LogP) is 1.77. The normalized spacial score (nSPS) is 9.95. The molecule has 1 N–H and O–H groups in total. The number of aromatic carboxylic acids is 1. The van der Waals surface area contributed by atoms with Crippen LogP contribution in [0.2, 0.25) is 0 Å². The number of carboxylic acids is 1. The van der Waals surface area contributed by atoms with Crippen molar-refractivity contribution in [3.05, 3.63) is 39.4 Å². The SMILES string of the molecule is O=C(Cc1ccc([N+](=O)[O-])cc1C(=O)O)OCCBr. The number of ether oxygens (including phenoxy) is 1. The first kappa shape index (κ1) is 15.1. The number of nitro groups is 1. The predicted molar refractivity (Wildman–Crippen MR) is 68.5 cm³/mol. The average molecular weight is 332 g/mol. The van der Waals surface area contributed by atoms with Gasteiger partial charge < -0.3 is 9.84 Å². The summed E-state index contributed by atoms with van der Waals surface area (Å²) >= 11 is 3.08. The first-order valence-corrected chi connectivity index (χ1v) is 6.30. The van der Waals surface area contributed by atoms with Crippen LogP contribution in [0.25, 0.3) is 0 Å². The smallest absolute Gasteiger partial charge is 0.336 e. The third-order valence-corrected chi connectivity index (χ3v) is 2.53. The largest absolute Gasteiger partial charge is 0.478 e. The summed E-state index contributed by atoms with van der Waals surface area (Å²) in [7, 11) is 0. The molecule has 0 unspecified atom stereocenters. The number of benzene rings is 1. The summed E-state index contributed by atoms with van der Waals surface area (Å²) in [5, 5.41) is 20.0. The molecule has 0 saturated heterocycles. The molecule has 0 saturated carbocycles. The number of halogens is 1. The van der Waals surface area contributed by atoms with E-state index in [0.717, 1.165) is 12.1 Å². The molecule has 0 heterocycles. The Morgan fingerprint density at radius 3 is 2.63 bits per heavy atom. The lowest BCUT2D eigenvalue weighted by Gasteiger charge is -2.06. The molecule has 1 rings (SSSR count). The van der Waals surface area contributed by atoms with Crippen LogP contribution in [0.4, 0.5) is 5.69 Å². The Morgan fingerprint density at radius 1 is 1.42 bits per heavy atom. The zero-order valence-electron chi connectivity index (χ0n) is 9.67. The van der Waals surface area contributed by atoms with Gasteiger partial charge in [-0.25, -0.2) is 4.79 Å².